The minimum Gasteiger partial charge on any atom is -0.341 e. The Kier molecular flexibility index (Phi) is 4.19. The summed E-state index contributed by atoms with van der Waals surface area (Å²) >= 11 is 6.60. The number of nitrogens with one attached hydrogen (secondary N) is 1. The first-order chi connectivity index (χ1) is 8.47. The Morgan fingerprint density at radius 2 is 2.33 bits per heavy atom. The molecule has 0 saturated carbocycles. The molecule has 4 nitrogen and oxygen atoms in total. The lowest BCUT2D eigenvalue weighted by Crippen LogP contribution is -2.35. The molecule has 0 radical (unpaired) electrons. The van der Waals surface area contributed by atoms with Crippen molar-refractivity contribution in [3.8, 4) is 0 Å². The minimum absolute atomic E-state index is 0.215. The van der Waals surface area contributed by atoms with Crippen LogP contribution in [-0.4, -0.2) is 53.9 Å². The fourth-order valence-corrected chi connectivity index (χ4v) is 3.53. The van der Waals surface area contributed by atoms with Gasteiger partial charge in [0, 0.05) is 29.7 Å². The zero-order valence-corrected chi connectivity index (χ0v) is 12.7. The van der Waals surface area contributed by atoms with Gasteiger partial charge in [0.05, 0.1) is 6.42 Å². The van der Waals surface area contributed by atoms with E-state index < -0.39 is 0 Å². The van der Waals surface area contributed by atoms with E-state index in [1.165, 1.54) is 11.3 Å². The van der Waals surface area contributed by atoms with Crippen LogP contribution in [0.1, 0.15) is 17.0 Å². The zero-order valence-electron chi connectivity index (χ0n) is 11.0. The third kappa shape index (κ3) is 2.99. The Balaban J connectivity index is 1.97. The van der Waals surface area contributed by atoms with Crippen molar-refractivity contribution >= 4 is 29.5 Å². The summed E-state index contributed by atoms with van der Waals surface area (Å²) < 4.78 is 0.753. The highest BCUT2D eigenvalue weighted by atomic mass is 32.1. The number of aromatic nitrogens is 1. The molecule has 1 unspecified atom stereocenters. The SMILES string of the molecule is Cc1[nH]c(=S)sc1CC(=O)N1CCC(N(C)C)C1. The molecule has 1 aromatic heterocycles. The van der Waals surface area contributed by atoms with Gasteiger partial charge in [0.1, 0.15) is 0 Å². The number of thiazole rings is 1. The Bertz CT molecular complexity index is 492. The lowest BCUT2D eigenvalue weighted by atomic mass is 10.2. The van der Waals surface area contributed by atoms with Crippen LogP contribution in [0.15, 0.2) is 0 Å². The number of nitrogens with zero attached hydrogens (tertiary/aromatic N) is 2. The maximum atomic E-state index is 12.2. The Morgan fingerprint density at radius 3 is 2.83 bits per heavy atom. The molecule has 1 aromatic rings. The Morgan fingerprint density at radius 1 is 1.61 bits per heavy atom. The maximum absolute atomic E-state index is 12.2. The van der Waals surface area contributed by atoms with Crippen LogP contribution in [-0.2, 0) is 11.2 Å². The van der Waals surface area contributed by atoms with Crippen LogP contribution in [0.25, 0.3) is 0 Å². The number of likely N-dealkylation sites (N-methyl/N-ethyl adjacent to an activating group) is 1. The third-order valence-corrected chi connectivity index (χ3v) is 4.82. The molecule has 1 N–H and O–H groups in total. The quantitative estimate of drug-likeness (QED) is 0.861. The predicted molar refractivity (Wildman–Crippen MR) is 76.6 cm³/mol. The molecule has 100 valence electrons. The first kappa shape index (κ1) is 13.7. The van der Waals surface area contributed by atoms with Crippen molar-refractivity contribution in [2.75, 3.05) is 27.2 Å². The average Bonchev–Trinajstić information content (AvgIpc) is 2.86. The molecule has 0 spiro atoms. The largest absolute Gasteiger partial charge is 0.341 e. The smallest absolute Gasteiger partial charge is 0.227 e. The number of rotatable bonds is 3. The number of hydrogen-bond acceptors (Lipinski definition) is 4. The van der Waals surface area contributed by atoms with Gasteiger partial charge in [0.25, 0.3) is 0 Å². The first-order valence-corrected chi connectivity index (χ1v) is 7.32. The molecular weight excluding hydrogens is 266 g/mol. The fraction of sp³-hybridized carbons (Fsp3) is 0.667. The number of aromatic amines is 1. The number of aryl methyl sites for hydroxylation is 1. The molecule has 2 rings (SSSR count). The summed E-state index contributed by atoms with van der Waals surface area (Å²) in [6, 6.07) is 0.499. The van der Waals surface area contributed by atoms with E-state index >= 15 is 0 Å². The van der Waals surface area contributed by atoms with Crippen molar-refractivity contribution in [3.63, 3.8) is 0 Å². The van der Waals surface area contributed by atoms with Crippen molar-refractivity contribution < 1.29 is 4.79 Å². The number of H-pyrrole nitrogens is 1. The molecule has 1 aliphatic heterocycles. The van der Waals surface area contributed by atoms with E-state index in [2.05, 4.69) is 24.0 Å². The molecule has 1 atom stereocenters. The predicted octanol–water partition coefficient (Wildman–Crippen LogP) is 1.82. The van der Waals surface area contributed by atoms with Crippen LogP contribution in [0.3, 0.4) is 0 Å². The highest BCUT2D eigenvalue weighted by molar-refractivity contribution is 7.73. The molecule has 2 heterocycles. The van der Waals surface area contributed by atoms with Gasteiger partial charge in [0.2, 0.25) is 5.91 Å². The summed E-state index contributed by atoms with van der Waals surface area (Å²) in [5.74, 6) is 0.215. The van der Waals surface area contributed by atoms with E-state index in [9.17, 15) is 4.79 Å². The van der Waals surface area contributed by atoms with E-state index in [1.54, 1.807) is 0 Å². The van der Waals surface area contributed by atoms with Crippen LogP contribution in [0.4, 0.5) is 0 Å². The Hall–Kier alpha value is -0.720. The van der Waals surface area contributed by atoms with Gasteiger partial charge in [-0.2, -0.15) is 0 Å². The third-order valence-electron chi connectivity index (χ3n) is 3.48. The van der Waals surface area contributed by atoms with Crippen molar-refractivity contribution in [1.82, 2.24) is 14.8 Å². The van der Waals surface area contributed by atoms with Gasteiger partial charge >= 0.3 is 0 Å². The van der Waals surface area contributed by atoms with Crippen molar-refractivity contribution in [3.05, 3.63) is 14.5 Å². The number of amides is 1. The summed E-state index contributed by atoms with van der Waals surface area (Å²) in [6.45, 7) is 3.69. The van der Waals surface area contributed by atoms with E-state index in [0.717, 1.165) is 34.0 Å². The molecule has 1 aliphatic rings. The van der Waals surface area contributed by atoms with Gasteiger partial charge in [-0.1, -0.05) is 0 Å². The van der Waals surface area contributed by atoms with Gasteiger partial charge in [-0.3, -0.25) is 4.79 Å². The molecular formula is C12H19N3OS2. The lowest BCUT2D eigenvalue weighted by Gasteiger charge is -2.20. The Labute approximate surface area is 117 Å². The summed E-state index contributed by atoms with van der Waals surface area (Å²) in [6.07, 6.45) is 1.55. The molecule has 0 aliphatic carbocycles. The van der Waals surface area contributed by atoms with Crippen LogP contribution in [0.2, 0.25) is 0 Å². The highest BCUT2D eigenvalue weighted by Crippen LogP contribution is 2.19. The van der Waals surface area contributed by atoms with Crippen LogP contribution in [0, 0.1) is 10.9 Å². The highest BCUT2D eigenvalue weighted by Gasteiger charge is 2.27. The van der Waals surface area contributed by atoms with Gasteiger partial charge in [0.15, 0.2) is 3.95 Å². The first-order valence-electron chi connectivity index (χ1n) is 6.10. The number of likely N-dealkylation sites (tertiary alicyclic amines) is 1. The minimum atomic E-state index is 0.215. The molecule has 18 heavy (non-hydrogen) atoms. The average molecular weight is 285 g/mol. The summed E-state index contributed by atoms with van der Waals surface area (Å²) in [4.78, 5) is 20.5. The van der Waals surface area contributed by atoms with Crippen molar-refractivity contribution in [2.45, 2.75) is 25.8 Å². The normalized spacial score (nSPS) is 19.8. The van der Waals surface area contributed by atoms with E-state index in [0.29, 0.717) is 12.5 Å². The molecule has 6 heteroatoms. The zero-order chi connectivity index (χ0) is 13.3. The monoisotopic (exact) mass is 285 g/mol. The van der Waals surface area contributed by atoms with Gasteiger partial charge in [-0.15, -0.1) is 11.3 Å². The fourth-order valence-electron chi connectivity index (χ4n) is 2.24. The molecule has 0 aromatic carbocycles. The topological polar surface area (TPSA) is 39.3 Å². The van der Waals surface area contributed by atoms with Gasteiger partial charge in [-0.05, 0) is 39.7 Å². The number of hydrogen-bond donors (Lipinski definition) is 1. The maximum Gasteiger partial charge on any atom is 0.227 e. The summed E-state index contributed by atoms with van der Waals surface area (Å²) in [5.41, 5.74) is 1.03. The number of carbonyl (C=O) groups excluding carboxylic acids is 1. The van der Waals surface area contributed by atoms with Gasteiger partial charge < -0.3 is 14.8 Å². The van der Waals surface area contributed by atoms with Crippen LogP contribution >= 0.6 is 23.6 Å². The van der Waals surface area contributed by atoms with Crippen LogP contribution in [0.5, 0.6) is 0 Å². The molecule has 0 bridgehead atoms. The molecule has 1 saturated heterocycles. The van der Waals surface area contributed by atoms with Gasteiger partial charge in [-0.25, -0.2) is 0 Å². The molecule has 1 fully saturated rings. The summed E-state index contributed by atoms with van der Waals surface area (Å²) in [7, 11) is 4.14. The van der Waals surface area contributed by atoms with E-state index in [4.69, 9.17) is 12.2 Å². The van der Waals surface area contributed by atoms with Crippen molar-refractivity contribution in [1.29, 1.82) is 0 Å². The second-order valence-electron chi connectivity index (χ2n) is 4.99. The van der Waals surface area contributed by atoms with E-state index in [1.807, 2.05) is 11.8 Å². The standard InChI is InChI=1S/C12H19N3OS2/c1-8-10(18-12(17)13-8)6-11(16)15-5-4-9(7-15)14(2)3/h9H,4-7H2,1-3H3,(H,13,17). The van der Waals surface area contributed by atoms with Crippen molar-refractivity contribution in [2.24, 2.45) is 0 Å². The van der Waals surface area contributed by atoms with E-state index in [-0.39, 0.29) is 5.91 Å². The second kappa shape index (κ2) is 5.50. The number of carbonyl (C=O) groups is 1. The lowest BCUT2D eigenvalue weighted by molar-refractivity contribution is -0.129. The summed E-state index contributed by atoms with van der Waals surface area (Å²) in [5, 5.41) is 0. The molecule has 1 amide bonds. The van der Waals surface area contributed by atoms with Crippen LogP contribution < -0.4 is 0 Å². The second-order valence-corrected chi connectivity index (χ2v) is 6.76.